The minimum absolute atomic E-state index is 0.172. The van der Waals surface area contributed by atoms with Crippen LogP contribution >= 0.6 is 0 Å². The molecule has 0 aliphatic carbocycles. The predicted octanol–water partition coefficient (Wildman–Crippen LogP) is 5.17. The number of rotatable bonds is 2. The lowest BCUT2D eigenvalue weighted by atomic mass is 9.88. The fourth-order valence-corrected chi connectivity index (χ4v) is 2.17. The van der Waals surface area contributed by atoms with Crippen molar-refractivity contribution in [2.45, 2.75) is 39.8 Å². The number of aromatic nitrogens is 1. The van der Waals surface area contributed by atoms with Crippen molar-refractivity contribution in [2.24, 2.45) is 5.41 Å². The van der Waals surface area contributed by atoms with Crippen LogP contribution in [0.3, 0.4) is 0 Å². The van der Waals surface area contributed by atoms with Gasteiger partial charge in [-0.25, -0.2) is 0 Å². The maximum atomic E-state index is 12.9. The van der Waals surface area contributed by atoms with E-state index < -0.39 is 11.7 Å². The van der Waals surface area contributed by atoms with Crippen molar-refractivity contribution in [1.82, 2.24) is 4.98 Å². The molecule has 2 rings (SSSR count). The molecule has 0 aliphatic heterocycles. The van der Waals surface area contributed by atoms with Crippen molar-refractivity contribution in [3.63, 3.8) is 0 Å². The van der Waals surface area contributed by atoms with Gasteiger partial charge in [0.05, 0.1) is 11.1 Å². The minimum atomic E-state index is -4.31. The Morgan fingerprint density at radius 3 is 2.37 bits per heavy atom. The van der Waals surface area contributed by atoms with Gasteiger partial charge in [-0.1, -0.05) is 32.9 Å². The van der Waals surface area contributed by atoms with Crippen LogP contribution in [-0.2, 0) is 12.6 Å². The quantitative estimate of drug-likeness (QED) is 0.774. The molecule has 0 unspecified atom stereocenters. The molecule has 1 heterocycles. The zero-order chi connectivity index (χ0) is 14.3. The number of H-pyrrole nitrogens is 1. The Kier molecular flexibility index (Phi) is 3.37. The van der Waals surface area contributed by atoms with Gasteiger partial charge < -0.3 is 4.98 Å². The van der Waals surface area contributed by atoms with E-state index in [9.17, 15) is 13.2 Å². The van der Waals surface area contributed by atoms with Gasteiger partial charge in [-0.05, 0) is 29.9 Å². The van der Waals surface area contributed by atoms with Crippen LogP contribution in [0.4, 0.5) is 13.2 Å². The lowest BCUT2D eigenvalue weighted by Gasteiger charge is -2.17. The third kappa shape index (κ3) is 3.11. The van der Waals surface area contributed by atoms with Crippen LogP contribution in [0.25, 0.3) is 10.9 Å². The van der Waals surface area contributed by atoms with E-state index in [0.29, 0.717) is 5.39 Å². The van der Waals surface area contributed by atoms with Gasteiger partial charge >= 0.3 is 6.18 Å². The first-order valence-electron chi connectivity index (χ1n) is 6.35. The SMILES string of the molecule is CC(C)(C)CCc1c[nH]c2c(C(F)(F)F)cccc12. The second kappa shape index (κ2) is 4.58. The highest BCUT2D eigenvalue weighted by atomic mass is 19.4. The molecule has 1 N–H and O–H groups in total. The minimum Gasteiger partial charge on any atom is -0.360 e. The number of hydrogen-bond acceptors (Lipinski definition) is 0. The number of halogens is 3. The lowest BCUT2D eigenvalue weighted by Crippen LogP contribution is -2.06. The Hall–Kier alpha value is -1.45. The Bertz CT molecular complexity index is 573. The molecule has 0 atom stereocenters. The zero-order valence-electron chi connectivity index (χ0n) is 11.4. The Morgan fingerprint density at radius 2 is 1.79 bits per heavy atom. The summed E-state index contributed by atoms with van der Waals surface area (Å²) in [4.78, 5) is 2.78. The summed E-state index contributed by atoms with van der Waals surface area (Å²) in [5.74, 6) is 0. The molecular weight excluding hydrogens is 251 g/mol. The topological polar surface area (TPSA) is 15.8 Å². The largest absolute Gasteiger partial charge is 0.418 e. The van der Waals surface area contributed by atoms with Gasteiger partial charge in [-0.2, -0.15) is 13.2 Å². The van der Waals surface area contributed by atoms with Gasteiger partial charge in [0.1, 0.15) is 0 Å². The fraction of sp³-hybridized carbons (Fsp3) is 0.467. The summed E-state index contributed by atoms with van der Waals surface area (Å²) in [5, 5.41) is 0.680. The Morgan fingerprint density at radius 1 is 1.11 bits per heavy atom. The number of para-hydroxylation sites is 1. The smallest absolute Gasteiger partial charge is 0.360 e. The van der Waals surface area contributed by atoms with E-state index in [1.165, 1.54) is 6.07 Å². The number of benzene rings is 1. The van der Waals surface area contributed by atoms with Gasteiger partial charge in [0.15, 0.2) is 0 Å². The maximum absolute atomic E-state index is 12.9. The molecule has 4 heteroatoms. The van der Waals surface area contributed by atoms with Gasteiger partial charge in [0.2, 0.25) is 0 Å². The molecule has 2 aromatic rings. The molecule has 19 heavy (non-hydrogen) atoms. The summed E-state index contributed by atoms with van der Waals surface area (Å²) in [6.45, 7) is 6.38. The van der Waals surface area contributed by atoms with Gasteiger partial charge in [-0.3, -0.25) is 0 Å². The van der Waals surface area contributed by atoms with Crippen molar-refractivity contribution in [2.75, 3.05) is 0 Å². The summed E-state index contributed by atoms with van der Waals surface area (Å²) in [5.41, 5.74) is 0.729. The van der Waals surface area contributed by atoms with E-state index in [1.807, 2.05) is 0 Å². The number of nitrogens with one attached hydrogen (secondary N) is 1. The average molecular weight is 269 g/mol. The maximum Gasteiger partial charge on any atom is 0.418 e. The summed E-state index contributed by atoms with van der Waals surface area (Å²) >= 11 is 0. The van der Waals surface area contributed by atoms with Gasteiger partial charge in [0.25, 0.3) is 0 Å². The molecule has 104 valence electrons. The number of aromatic amines is 1. The van der Waals surface area contributed by atoms with E-state index in [2.05, 4.69) is 25.8 Å². The normalized spacial score (nSPS) is 13.2. The highest BCUT2D eigenvalue weighted by Crippen LogP contribution is 2.35. The molecule has 0 spiro atoms. The molecule has 1 aromatic heterocycles. The van der Waals surface area contributed by atoms with Crippen LogP contribution in [0.1, 0.15) is 38.3 Å². The second-order valence-corrected chi connectivity index (χ2v) is 6.10. The lowest BCUT2D eigenvalue weighted by molar-refractivity contribution is -0.136. The third-order valence-corrected chi connectivity index (χ3v) is 3.25. The summed E-state index contributed by atoms with van der Waals surface area (Å²) in [6.07, 6.45) is -0.891. The van der Waals surface area contributed by atoms with Crippen LogP contribution in [0.15, 0.2) is 24.4 Å². The van der Waals surface area contributed by atoms with Crippen LogP contribution in [-0.4, -0.2) is 4.98 Å². The standard InChI is InChI=1S/C15H18F3N/c1-14(2,3)8-7-10-9-19-13-11(10)5-4-6-12(13)15(16,17)18/h4-6,9,19H,7-8H2,1-3H3. The van der Waals surface area contributed by atoms with Gasteiger partial charge in [-0.15, -0.1) is 0 Å². The molecule has 1 aromatic carbocycles. The monoisotopic (exact) mass is 269 g/mol. The average Bonchev–Trinajstić information content (AvgIpc) is 2.66. The number of aryl methyl sites for hydroxylation is 1. The zero-order valence-corrected chi connectivity index (χ0v) is 11.4. The molecule has 0 bridgehead atoms. The van der Waals surface area contributed by atoms with Crippen molar-refractivity contribution >= 4 is 10.9 Å². The molecule has 0 radical (unpaired) electrons. The first-order chi connectivity index (χ1) is 8.68. The summed E-state index contributed by atoms with van der Waals surface area (Å²) in [7, 11) is 0. The van der Waals surface area contributed by atoms with E-state index in [1.54, 1.807) is 12.3 Å². The number of alkyl halides is 3. The van der Waals surface area contributed by atoms with Crippen molar-refractivity contribution in [3.8, 4) is 0 Å². The highest BCUT2D eigenvalue weighted by Gasteiger charge is 2.33. The van der Waals surface area contributed by atoms with E-state index in [4.69, 9.17) is 0 Å². The first-order valence-corrected chi connectivity index (χ1v) is 6.35. The highest BCUT2D eigenvalue weighted by molar-refractivity contribution is 5.86. The van der Waals surface area contributed by atoms with Crippen LogP contribution in [0.5, 0.6) is 0 Å². The molecular formula is C15H18F3N. The third-order valence-electron chi connectivity index (χ3n) is 3.25. The second-order valence-electron chi connectivity index (χ2n) is 6.10. The Balaban J connectivity index is 2.39. The van der Waals surface area contributed by atoms with E-state index in [-0.39, 0.29) is 10.9 Å². The van der Waals surface area contributed by atoms with Crippen LogP contribution in [0.2, 0.25) is 0 Å². The van der Waals surface area contributed by atoms with Gasteiger partial charge in [0, 0.05) is 11.6 Å². The van der Waals surface area contributed by atoms with Crippen molar-refractivity contribution < 1.29 is 13.2 Å². The van der Waals surface area contributed by atoms with Crippen LogP contribution in [0, 0.1) is 5.41 Å². The van der Waals surface area contributed by atoms with E-state index >= 15 is 0 Å². The first kappa shape index (κ1) is 14.0. The fourth-order valence-electron chi connectivity index (χ4n) is 2.17. The Labute approximate surface area is 110 Å². The summed E-state index contributed by atoms with van der Waals surface area (Å²) in [6, 6.07) is 4.34. The molecule has 1 nitrogen and oxygen atoms in total. The van der Waals surface area contributed by atoms with Crippen LogP contribution < -0.4 is 0 Å². The van der Waals surface area contributed by atoms with Crippen molar-refractivity contribution in [1.29, 1.82) is 0 Å². The molecule has 0 saturated heterocycles. The summed E-state index contributed by atoms with van der Waals surface area (Å²) < 4.78 is 38.6. The van der Waals surface area contributed by atoms with E-state index in [0.717, 1.165) is 24.5 Å². The number of hydrogen-bond donors (Lipinski definition) is 1. The molecule has 0 amide bonds. The number of fused-ring (bicyclic) bond motifs is 1. The predicted molar refractivity (Wildman–Crippen MR) is 71.1 cm³/mol. The molecule has 0 saturated carbocycles. The molecule has 0 fully saturated rings. The van der Waals surface area contributed by atoms with Crippen molar-refractivity contribution in [3.05, 3.63) is 35.5 Å². The molecule has 0 aliphatic rings.